The first-order valence-electron chi connectivity index (χ1n) is 9.04. The maximum Gasteiger partial charge on any atom is 0.494 e. The third kappa shape index (κ3) is 2.98. The third-order valence-corrected chi connectivity index (χ3v) is 5.59. The van der Waals surface area contributed by atoms with Crippen LogP contribution in [0.25, 0.3) is 10.9 Å². The highest BCUT2D eigenvalue weighted by atomic mass is 16.7. The number of aromatic nitrogens is 1. The van der Waals surface area contributed by atoms with Crippen molar-refractivity contribution in [2.75, 3.05) is 11.4 Å². The topological polar surface area (TPSA) is 80.8 Å². The first-order valence-corrected chi connectivity index (χ1v) is 9.04. The van der Waals surface area contributed by atoms with Crippen LogP contribution in [-0.2, 0) is 14.1 Å². The van der Waals surface area contributed by atoms with Crippen LogP contribution in [0.15, 0.2) is 30.5 Å². The average molecular weight is 367 g/mol. The number of pyridine rings is 1. The standard InChI is InChI=1S/C19H22BN3O4/c1-18(2)19(3,4)27-20(26-18)12-10-14-13(6-5-8-21-14)15(11-12)23-9-7-16(24)22-17(23)25/h5-6,8,10-11H,7,9H2,1-4H3,(H,22,24,25). The molecule has 8 heteroatoms. The number of amides is 3. The molecule has 2 saturated heterocycles. The van der Waals surface area contributed by atoms with Crippen molar-refractivity contribution in [2.45, 2.75) is 45.3 Å². The summed E-state index contributed by atoms with van der Waals surface area (Å²) < 4.78 is 12.3. The second kappa shape index (κ2) is 6.04. The van der Waals surface area contributed by atoms with Crippen LogP contribution in [0.2, 0.25) is 0 Å². The van der Waals surface area contributed by atoms with Gasteiger partial charge in [-0.05, 0) is 57.4 Å². The van der Waals surface area contributed by atoms with Crippen LogP contribution in [0.1, 0.15) is 34.1 Å². The predicted molar refractivity (Wildman–Crippen MR) is 103 cm³/mol. The van der Waals surface area contributed by atoms with E-state index in [-0.39, 0.29) is 12.3 Å². The van der Waals surface area contributed by atoms with Crippen LogP contribution < -0.4 is 15.7 Å². The van der Waals surface area contributed by atoms with E-state index in [9.17, 15) is 9.59 Å². The summed E-state index contributed by atoms with van der Waals surface area (Å²) >= 11 is 0. The normalized spacial score (nSPS) is 21.6. The Balaban J connectivity index is 1.80. The van der Waals surface area contributed by atoms with Crippen LogP contribution in [0.5, 0.6) is 0 Å². The summed E-state index contributed by atoms with van der Waals surface area (Å²) in [5.41, 5.74) is 1.29. The first-order chi connectivity index (χ1) is 12.7. The predicted octanol–water partition coefficient (Wildman–Crippen LogP) is 1.98. The number of nitrogens with one attached hydrogen (secondary N) is 1. The molecule has 2 aromatic rings. The Morgan fingerprint density at radius 3 is 2.52 bits per heavy atom. The van der Waals surface area contributed by atoms with E-state index in [1.807, 2.05) is 52.0 Å². The summed E-state index contributed by atoms with van der Waals surface area (Å²) in [6.07, 6.45) is 1.97. The van der Waals surface area contributed by atoms with Crippen LogP contribution in [0, 0.1) is 0 Å². The molecule has 2 fully saturated rings. The molecule has 1 N–H and O–H groups in total. The van der Waals surface area contributed by atoms with Crippen molar-refractivity contribution in [3.05, 3.63) is 30.5 Å². The van der Waals surface area contributed by atoms with Crippen molar-refractivity contribution in [2.24, 2.45) is 0 Å². The van der Waals surface area contributed by atoms with Crippen molar-refractivity contribution in [1.29, 1.82) is 0 Å². The molecule has 0 unspecified atom stereocenters. The maximum atomic E-state index is 12.4. The van der Waals surface area contributed by atoms with Crippen LogP contribution in [0.4, 0.5) is 10.5 Å². The van der Waals surface area contributed by atoms with Crippen LogP contribution in [0.3, 0.4) is 0 Å². The number of hydrogen-bond acceptors (Lipinski definition) is 5. The summed E-state index contributed by atoms with van der Waals surface area (Å²) in [5.74, 6) is -0.263. The Hall–Kier alpha value is -2.45. The Kier molecular flexibility index (Phi) is 4.01. The number of rotatable bonds is 2. The van der Waals surface area contributed by atoms with Gasteiger partial charge in [0.1, 0.15) is 0 Å². The Morgan fingerprint density at radius 1 is 1.15 bits per heavy atom. The number of carbonyl (C=O) groups is 2. The molecule has 3 amide bonds. The van der Waals surface area contributed by atoms with Crippen molar-refractivity contribution in [1.82, 2.24) is 10.3 Å². The van der Waals surface area contributed by atoms with Gasteiger partial charge in [0.05, 0.1) is 22.4 Å². The monoisotopic (exact) mass is 367 g/mol. The molecular formula is C19H22BN3O4. The molecule has 7 nitrogen and oxygen atoms in total. The molecule has 27 heavy (non-hydrogen) atoms. The fraction of sp³-hybridized carbons (Fsp3) is 0.421. The van der Waals surface area contributed by atoms with E-state index in [4.69, 9.17) is 9.31 Å². The van der Waals surface area contributed by atoms with Crippen LogP contribution >= 0.6 is 0 Å². The molecule has 0 radical (unpaired) electrons. The van der Waals surface area contributed by atoms with E-state index in [2.05, 4.69) is 10.3 Å². The zero-order chi connectivity index (χ0) is 19.4. The largest absolute Gasteiger partial charge is 0.494 e. The number of fused-ring (bicyclic) bond motifs is 1. The molecular weight excluding hydrogens is 345 g/mol. The van der Waals surface area contributed by atoms with Gasteiger partial charge in [-0.1, -0.05) is 0 Å². The lowest BCUT2D eigenvalue weighted by Gasteiger charge is -2.32. The number of urea groups is 1. The van der Waals surface area contributed by atoms with Crippen molar-refractivity contribution >= 4 is 41.1 Å². The molecule has 1 aromatic heterocycles. The lowest BCUT2D eigenvalue weighted by atomic mass is 9.78. The molecule has 3 heterocycles. The van der Waals surface area contributed by atoms with Gasteiger partial charge in [0, 0.05) is 24.5 Å². The molecule has 0 spiro atoms. The molecule has 2 aliphatic heterocycles. The Labute approximate surface area is 158 Å². The fourth-order valence-electron chi connectivity index (χ4n) is 3.32. The summed E-state index contributed by atoms with van der Waals surface area (Å²) in [6.45, 7) is 8.31. The first kappa shape index (κ1) is 17.9. The molecule has 4 rings (SSSR count). The molecule has 0 saturated carbocycles. The van der Waals surface area contributed by atoms with E-state index in [1.54, 1.807) is 11.1 Å². The van der Waals surface area contributed by atoms with Crippen molar-refractivity contribution in [3.63, 3.8) is 0 Å². The minimum absolute atomic E-state index is 0.258. The van der Waals surface area contributed by atoms with E-state index >= 15 is 0 Å². The third-order valence-electron chi connectivity index (χ3n) is 5.59. The molecule has 1 aromatic carbocycles. The Bertz CT molecular complexity index is 928. The molecule has 2 aliphatic rings. The Morgan fingerprint density at radius 2 is 1.85 bits per heavy atom. The highest BCUT2D eigenvalue weighted by Gasteiger charge is 2.52. The molecule has 0 atom stereocenters. The van der Waals surface area contributed by atoms with E-state index < -0.39 is 24.4 Å². The number of hydrogen-bond donors (Lipinski definition) is 1. The van der Waals surface area contributed by atoms with Crippen molar-refractivity contribution in [3.8, 4) is 0 Å². The highest BCUT2D eigenvalue weighted by molar-refractivity contribution is 6.62. The average Bonchev–Trinajstić information content (AvgIpc) is 2.82. The number of benzene rings is 1. The quantitative estimate of drug-likeness (QED) is 0.821. The van der Waals surface area contributed by atoms with Crippen LogP contribution in [-0.4, -0.2) is 41.8 Å². The lowest BCUT2D eigenvalue weighted by Crippen LogP contribution is -2.50. The number of nitrogens with zero attached hydrogens (tertiary/aromatic N) is 2. The minimum Gasteiger partial charge on any atom is -0.399 e. The SMILES string of the molecule is CC1(C)OB(c2cc(N3CCC(=O)NC3=O)c3cccnc3c2)OC1(C)C. The number of imide groups is 1. The fourth-order valence-corrected chi connectivity index (χ4v) is 3.32. The summed E-state index contributed by atoms with van der Waals surface area (Å²) in [5, 5.41) is 3.21. The number of anilines is 1. The lowest BCUT2D eigenvalue weighted by molar-refractivity contribution is -0.120. The second-order valence-electron chi connectivity index (χ2n) is 7.95. The van der Waals surface area contributed by atoms with Gasteiger partial charge in [-0.25, -0.2) is 4.79 Å². The van der Waals surface area contributed by atoms with Gasteiger partial charge in [-0.2, -0.15) is 0 Å². The van der Waals surface area contributed by atoms with E-state index in [1.165, 1.54) is 0 Å². The van der Waals surface area contributed by atoms with Gasteiger partial charge >= 0.3 is 13.1 Å². The zero-order valence-electron chi connectivity index (χ0n) is 15.9. The van der Waals surface area contributed by atoms with Gasteiger partial charge in [-0.3, -0.25) is 20.0 Å². The summed E-state index contributed by atoms with van der Waals surface area (Å²) in [7, 11) is -0.561. The summed E-state index contributed by atoms with van der Waals surface area (Å²) in [6, 6.07) is 7.13. The van der Waals surface area contributed by atoms with E-state index in [0.29, 0.717) is 12.2 Å². The molecule has 0 bridgehead atoms. The van der Waals surface area contributed by atoms with Gasteiger partial charge in [0.15, 0.2) is 0 Å². The van der Waals surface area contributed by atoms with E-state index in [0.717, 1.165) is 16.4 Å². The van der Waals surface area contributed by atoms with Gasteiger partial charge < -0.3 is 9.31 Å². The summed E-state index contributed by atoms with van der Waals surface area (Å²) in [4.78, 5) is 29.9. The molecule has 0 aliphatic carbocycles. The van der Waals surface area contributed by atoms with Gasteiger partial charge in [0.2, 0.25) is 5.91 Å². The minimum atomic E-state index is -0.561. The van der Waals surface area contributed by atoms with Gasteiger partial charge in [-0.15, -0.1) is 0 Å². The van der Waals surface area contributed by atoms with Gasteiger partial charge in [0.25, 0.3) is 0 Å². The smallest absolute Gasteiger partial charge is 0.399 e. The highest BCUT2D eigenvalue weighted by Crippen LogP contribution is 2.37. The maximum absolute atomic E-state index is 12.4. The zero-order valence-corrected chi connectivity index (χ0v) is 15.9. The van der Waals surface area contributed by atoms with Crippen molar-refractivity contribution < 1.29 is 18.9 Å². The second-order valence-corrected chi connectivity index (χ2v) is 7.95. The molecule has 140 valence electrons. The number of carbonyl (C=O) groups excluding carboxylic acids is 2.